The summed E-state index contributed by atoms with van der Waals surface area (Å²) in [4.78, 5) is 10.6. The van der Waals surface area contributed by atoms with Gasteiger partial charge in [0.1, 0.15) is 5.82 Å². The second-order valence-electron chi connectivity index (χ2n) is 1.71. The van der Waals surface area contributed by atoms with Gasteiger partial charge in [-0.25, -0.2) is 4.79 Å². The van der Waals surface area contributed by atoms with Gasteiger partial charge in [-0.15, -0.1) is 0 Å². The first kappa shape index (κ1) is 8.40. The summed E-state index contributed by atoms with van der Waals surface area (Å²) >= 11 is 0. The van der Waals surface area contributed by atoms with Crippen LogP contribution >= 0.6 is 0 Å². The van der Waals surface area contributed by atoms with Crippen LogP contribution < -0.4 is 5.32 Å². The number of H-pyrrole nitrogens is 1. The van der Waals surface area contributed by atoms with Crippen LogP contribution in [0.25, 0.3) is 0 Å². The number of aromatic nitrogens is 2. The van der Waals surface area contributed by atoms with Gasteiger partial charge in [0.15, 0.2) is 0 Å². The Balaban J connectivity index is 2.66. The number of hydrogen-bond acceptors (Lipinski definition) is 4. The Hall–Kier alpha value is -1.70. The van der Waals surface area contributed by atoms with Crippen molar-refractivity contribution in [3.05, 3.63) is 12.3 Å². The number of nitrogens with one attached hydrogen (secondary N) is 2. The molecule has 0 unspecified atom stereocenters. The van der Waals surface area contributed by atoms with E-state index in [0.29, 0.717) is 0 Å². The zero-order chi connectivity index (χ0) is 8.97. The molecule has 0 aliphatic carbocycles. The van der Waals surface area contributed by atoms with Gasteiger partial charge in [0.05, 0.1) is 6.20 Å². The molecule has 8 heteroatoms. The lowest BCUT2D eigenvalue weighted by molar-refractivity contribution is 0.260. The molecular weight excluding hydrogens is 184 g/mol. The third-order valence-electron chi connectivity index (χ3n) is 0.900. The molecule has 0 fully saturated rings. The molecule has 2 amide bonds. The second-order valence-corrected chi connectivity index (χ2v) is 2.33. The lowest BCUT2D eigenvalue weighted by Gasteiger charge is -1.91. The van der Waals surface area contributed by atoms with Crippen LogP contribution in [-0.4, -0.2) is 24.6 Å². The monoisotopic (exact) mass is 188 g/mol. The van der Waals surface area contributed by atoms with Crippen LogP contribution in [0.4, 0.5) is 10.6 Å². The van der Waals surface area contributed by atoms with Gasteiger partial charge in [0.25, 0.3) is 0 Å². The number of nitrogens with zero attached hydrogens (tertiary/aromatic N) is 2. The summed E-state index contributed by atoms with van der Waals surface area (Å²) in [5.41, 5.74) is 0. The largest absolute Gasteiger partial charge is 0.361 e. The van der Waals surface area contributed by atoms with Crippen molar-refractivity contribution in [2.45, 2.75) is 0 Å². The first-order valence-electron chi connectivity index (χ1n) is 2.80. The maximum atomic E-state index is 10.6. The third-order valence-corrected chi connectivity index (χ3v) is 1.21. The molecule has 7 nitrogen and oxygen atoms in total. The van der Waals surface area contributed by atoms with Gasteiger partial charge >= 0.3 is 16.5 Å². The Kier molecular flexibility index (Phi) is 2.53. The van der Waals surface area contributed by atoms with E-state index in [-0.39, 0.29) is 5.82 Å². The number of carbonyl (C=O) groups is 1. The molecule has 0 saturated heterocycles. The summed E-state index contributed by atoms with van der Waals surface area (Å²) in [5.74, 6) is 0.286. The highest BCUT2D eigenvalue weighted by molar-refractivity contribution is 7.62. The molecule has 0 aliphatic rings. The summed E-state index contributed by atoms with van der Waals surface area (Å²) in [6.45, 7) is 0. The van der Waals surface area contributed by atoms with Crippen molar-refractivity contribution in [3.63, 3.8) is 0 Å². The Morgan fingerprint density at radius 1 is 1.67 bits per heavy atom. The highest BCUT2D eigenvalue weighted by atomic mass is 32.2. The average Bonchev–Trinajstić information content (AvgIpc) is 2.37. The molecule has 0 aliphatic heterocycles. The van der Waals surface area contributed by atoms with E-state index < -0.39 is 16.5 Å². The lowest BCUT2D eigenvalue weighted by atomic mass is 10.6. The SMILES string of the molecule is O=C(N=S(=O)=O)Nc1ccn[nH]1. The van der Waals surface area contributed by atoms with Gasteiger partial charge in [0, 0.05) is 6.07 Å². The third kappa shape index (κ3) is 2.50. The van der Waals surface area contributed by atoms with Crippen molar-refractivity contribution < 1.29 is 13.2 Å². The van der Waals surface area contributed by atoms with Crippen LogP contribution in [0.2, 0.25) is 0 Å². The van der Waals surface area contributed by atoms with Gasteiger partial charge in [-0.1, -0.05) is 4.36 Å². The molecule has 0 spiro atoms. The van der Waals surface area contributed by atoms with Crippen molar-refractivity contribution in [2.75, 3.05) is 5.32 Å². The molecule has 1 aromatic rings. The van der Waals surface area contributed by atoms with Gasteiger partial charge in [0.2, 0.25) is 0 Å². The van der Waals surface area contributed by atoms with Crippen LogP contribution in [0.15, 0.2) is 16.6 Å². The van der Waals surface area contributed by atoms with E-state index in [1.165, 1.54) is 12.3 Å². The maximum Gasteiger partial charge on any atom is 0.361 e. The van der Waals surface area contributed by atoms with Crippen molar-refractivity contribution >= 4 is 22.3 Å². The molecule has 0 radical (unpaired) electrons. The minimum atomic E-state index is -2.73. The van der Waals surface area contributed by atoms with Crippen molar-refractivity contribution in [1.82, 2.24) is 10.2 Å². The van der Waals surface area contributed by atoms with E-state index in [0.717, 1.165) is 0 Å². The molecule has 12 heavy (non-hydrogen) atoms. The predicted molar refractivity (Wildman–Crippen MR) is 39.0 cm³/mol. The van der Waals surface area contributed by atoms with Crippen LogP contribution in [0, 0.1) is 0 Å². The molecule has 64 valence electrons. The van der Waals surface area contributed by atoms with Crippen LogP contribution in [0.3, 0.4) is 0 Å². The molecule has 1 heterocycles. The highest BCUT2D eigenvalue weighted by Crippen LogP contribution is 1.98. The maximum absolute atomic E-state index is 10.6. The molecule has 1 aromatic heterocycles. The van der Waals surface area contributed by atoms with Gasteiger partial charge in [-0.3, -0.25) is 10.4 Å². The number of amides is 2. The summed E-state index contributed by atoms with van der Waals surface area (Å²) < 4.78 is 22.4. The summed E-state index contributed by atoms with van der Waals surface area (Å²) in [6, 6.07) is 0.494. The summed E-state index contributed by atoms with van der Waals surface area (Å²) in [6.07, 6.45) is 1.41. The van der Waals surface area contributed by atoms with Gasteiger partial charge in [-0.05, 0) is 0 Å². The quantitative estimate of drug-likeness (QED) is 0.647. The molecule has 0 aromatic carbocycles. The second kappa shape index (κ2) is 3.62. The van der Waals surface area contributed by atoms with Crippen molar-refractivity contribution in [1.29, 1.82) is 0 Å². The molecule has 0 atom stereocenters. The first-order valence-corrected chi connectivity index (χ1v) is 3.83. The first-order chi connectivity index (χ1) is 5.68. The van der Waals surface area contributed by atoms with Crippen LogP contribution in [-0.2, 0) is 10.5 Å². The molecule has 0 saturated carbocycles. The number of hydrogen-bond donors (Lipinski definition) is 2. The zero-order valence-electron chi connectivity index (χ0n) is 5.68. The smallest absolute Gasteiger partial charge is 0.290 e. The normalized spacial score (nSPS) is 9.00. The summed E-state index contributed by atoms with van der Waals surface area (Å²) in [5, 5.41) is 8.05. The highest BCUT2D eigenvalue weighted by Gasteiger charge is 1.99. The van der Waals surface area contributed by atoms with E-state index >= 15 is 0 Å². The van der Waals surface area contributed by atoms with Crippen LogP contribution in [0.5, 0.6) is 0 Å². The lowest BCUT2D eigenvalue weighted by Crippen LogP contribution is -2.05. The molecule has 2 N–H and O–H groups in total. The standard InChI is InChI=1S/C4H4N4O3S/c9-4(8-12(10)11)6-3-1-2-5-7-3/h1-2H,(H2,5,6,7,9). The fourth-order valence-corrected chi connectivity index (χ4v) is 0.712. The molecule has 1 rings (SSSR count). The predicted octanol–water partition coefficient (Wildman–Crippen LogP) is 0.00430. The Morgan fingerprint density at radius 2 is 2.42 bits per heavy atom. The van der Waals surface area contributed by atoms with Gasteiger partial charge in [-0.2, -0.15) is 13.5 Å². The van der Waals surface area contributed by atoms with Crippen molar-refractivity contribution in [2.24, 2.45) is 4.36 Å². The number of urea groups is 1. The van der Waals surface area contributed by atoms with E-state index in [1.54, 1.807) is 0 Å². The average molecular weight is 188 g/mol. The molecular formula is C4H4N4O3S. The number of anilines is 1. The van der Waals surface area contributed by atoms with E-state index in [9.17, 15) is 13.2 Å². The number of aromatic amines is 1. The minimum absolute atomic E-state index is 0.286. The van der Waals surface area contributed by atoms with E-state index in [2.05, 4.69) is 19.9 Å². The number of rotatable bonds is 1. The van der Waals surface area contributed by atoms with Gasteiger partial charge < -0.3 is 0 Å². The Bertz CT molecular complexity index is 384. The Labute approximate surface area is 68.5 Å². The minimum Gasteiger partial charge on any atom is -0.290 e. The number of carbonyl (C=O) groups excluding carboxylic acids is 1. The Morgan fingerprint density at radius 3 is 2.92 bits per heavy atom. The van der Waals surface area contributed by atoms with E-state index in [1.807, 2.05) is 0 Å². The van der Waals surface area contributed by atoms with Crippen LogP contribution in [0.1, 0.15) is 0 Å². The summed E-state index contributed by atoms with van der Waals surface area (Å²) in [7, 11) is -2.73. The fourth-order valence-electron chi connectivity index (χ4n) is 0.531. The topological polar surface area (TPSA) is 104 Å². The molecule has 0 bridgehead atoms. The zero-order valence-corrected chi connectivity index (χ0v) is 6.50. The van der Waals surface area contributed by atoms with Crippen molar-refractivity contribution in [3.8, 4) is 0 Å². The fraction of sp³-hybridized carbons (Fsp3) is 0. The van der Waals surface area contributed by atoms with E-state index in [4.69, 9.17) is 0 Å².